The summed E-state index contributed by atoms with van der Waals surface area (Å²) in [4.78, 5) is 12.4. The fourth-order valence-electron chi connectivity index (χ4n) is 2.68. The van der Waals surface area contributed by atoms with Gasteiger partial charge < -0.3 is 9.73 Å². The number of hydrogen-bond acceptors (Lipinski definition) is 4. The summed E-state index contributed by atoms with van der Waals surface area (Å²) >= 11 is 0. The number of sulfonamides is 1. The smallest absolute Gasteiger partial charge is 0.242 e. The third kappa shape index (κ3) is 4.68. The highest BCUT2D eigenvalue weighted by Crippen LogP contribution is 2.23. The summed E-state index contributed by atoms with van der Waals surface area (Å²) in [7, 11) is -0.615. The molecule has 0 aliphatic heterocycles. The normalized spacial score (nSPS) is 11.5. The van der Waals surface area contributed by atoms with Gasteiger partial charge >= 0.3 is 0 Å². The van der Waals surface area contributed by atoms with Gasteiger partial charge in [-0.3, -0.25) is 4.79 Å². The van der Waals surface area contributed by atoms with Gasteiger partial charge in [0.2, 0.25) is 15.9 Å². The molecule has 6 nitrogen and oxygen atoms in total. The molecule has 1 heterocycles. The molecular formula is C21H22N2O4S. The van der Waals surface area contributed by atoms with Gasteiger partial charge in [0.15, 0.2) is 0 Å². The van der Waals surface area contributed by atoms with Crippen LogP contribution in [0.2, 0.25) is 0 Å². The molecule has 0 saturated heterocycles. The second-order valence-corrected chi connectivity index (χ2v) is 8.65. The Morgan fingerprint density at radius 2 is 1.75 bits per heavy atom. The number of nitrogens with zero attached hydrogens (tertiary/aromatic N) is 1. The van der Waals surface area contributed by atoms with E-state index in [2.05, 4.69) is 5.32 Å². The van der Waals surface area contributed by atoms with Gasteiger partial charge in [-0.15, -0.1) is 0 Å². The van der Waals surface area contributed by atoms with Crippen LogP contribution in [0.25, 0.3) is 11.3 Å². The number of carbonyl (C=O) groups is 1. The summed E-state index contributed by atoms with van der Waals surface area (Å²) in [6.45, 7) is 0. The Hall–Kier alpha value is -2.90. The maximum absolute atomic E-state index is 12.2. The van der Waals surface area contributed by atoms with Crippen LogP contribution in [0.1, 0.15) is 12.2 Å². The predicted molar refractivity (Wildman–Crippen MR) is 108 cm³/mol. The highest BCUT2D eigenvalue weighted by molar-refractivity contribution is 7.89. The number of nitrogens with one attached hydrogen (secondary N) is 1. The van der Waals surface area contributed by atoms with E-state index < -0.39 is 10.0 Å². The highest BCUT2D eigenvalue weighted by Gasteiger charge is 2.17. The molecule has 7 heteroatoms. The molecule has 1 N–H and O–H groups in total. The van der Waals surface area contributed by atoms with Crippen LogP contribution in [-0.4, -0.2) is 32.7 Å². The van der Waals surface area contributed by atoms with Crippen LogP contribution in [0.4, 0.5) is 5.69 Å². The quantitative estimate of drug-likeness (QED) is 0.657. The molecular weight excluding hydrogens is 376 g/mol. The van der Waals surface area contributed by atoms with E-state index in [9.17, 15) is 13.2 Å². The zero-order valence-electron chi connectivity index (χ0n) is 15.8. The van der Waals surface area contributed by atoms with Crippen LogP contribution < -0.4 is 5.32 Å². The van der Waals surface area contributed by atoms with E-state index in [1.54, 1.807) is 12.1 Å². The summed E-state index contributed by atoms with van der Waals surface area (Å²) < 4.78 is 31.3. The third-order valence-electron chi connectivity index (χ3n) is 4.21. The zero-order valence-corrected chi connectivity index (χ0v) is 16.6. The van der Waals surface area contributed by atoms with Crippen LogP contribution in [0, 0.1) is 0 Å². The third-order valence-corrected chi connectivity index (χ3v) is 6.03. The van der Waals surface area contributed by atoms with Crippen molar-refractivity contribution in [3.63, 3.8) is 0 Å². The molecule has 0 atom stereocenters. The lowest BCUT2D eigenvalue weighted by Gasteiger charge is -2.12. The van der Waals surface area contributed by atoms with E-state index in [1.807, 2.05) is 42.5 Å². The van der Waals surface area contributed by atoms with E-state index in [1.165, 1.54) is 26.2 Å². The molecule has 0 aliphatic rings. The van der Waals surface area contributed by atoms with Crippen LogP contribution in [-0.2, 0) is 21.2 Å². The maximum atomic E-state index is 12.2. The number of benzene rings is 2. The molecule has 0 radical (unpaired) electrons. The Morgan fingerprint density at radius 3 is 2.46 bits per heavy atom. The van der Waals surface area contributed by atoms with Crippen LogP contribution in [0.5, 0.6) is 0 Å². The Kier molecular flexibility index (Phi) is 5.96. The van der Waals surface area contributed by atoms with Gasteiger partial charge in [0, 0.05) is 38.2 Å². The first-order valence-corrected chi connectivity index (χ1v) is 10.3. The fraction of sp³-hybridized carbons (Fsp3) is 0.190. The van der Waals surface area contributed by atoms with Crippen molar-refractivity contribution >= 4 is 21.6 Å². The average molecular weight is 398 g/mol. The summed E-state index contributed by atoms with van der Waals surface area (Å²) in [5.74, 6) is 1.27. The number of carbonyl (C=O) groups excluding carboxylic acids is 1. The van der Waals surface area contributed by atoms with E-state index in [-0.39, 0.29) is 17.2 Å². The van der Waals surface area contributed by atoms with Gasteiger partial charge in [0.25, 0.3) is 0 Å². The van der Waals surface area contributed by atoms with Crippen LogP contribution in [0.15, 0.2) is 76.0 Å². The SMILES string of the molecule is CN(C)S(=O)(=O)c1cccc(NC(=O)CCc2ccc(-c3ccccc3)o2)c1. The minimum atomic E-state index is -3.55. The predicted octanol–water partition coefficient (Wildman–Crippen LogP) is 3.77. The first kappa shape index (κ1) is 19.9. The molecule has 0 bridgehead atoms. The Balaban J connectivity index is 1.60. The van der Waals surface area contributed by atoms with Gasteiger partial charge in [0.1, 0.15) is 11.5 Å². The van der Waals surface area contributed by atoms with Crippen molar-refractivity contribution in [3.8, 4) is 11.3 Å². The Morgan fingerprint density at radius 1 is 1.00 bits per heavy atom. The van der Waals surface area contributed by atoms with E-state index >= 15 is 0 Å². The fourth-order valence-corrected chi connectivity index (χ4v) is 3.62. The summed E-state index contributed by atoms with van der Waals surface area (Å²) in [6.07, 6.45) is 0.681. The van der Waals surface area contributed by atoms with Gasteiger partial charge in [-0.1, -0.05) is 36.4 Å². The number of aryl methyl sites for hydroxylation is 1. The Bertz CT molecular complexity index is 1060. The molecule has 3 rings (SSSR count). The van der Waals surface area contributed by atoms with Crippen molar-refractivity contribution in [2.75, 3.05) is 19.4 Å². The Labute approximate surface area is 164 Å². The highest BCUT2D eigenvalue weighted by atomic mass is 32.2. The molecule has 0 fully saturated rings. The molecule has 0 saturated carbocycles. The zero-order chi connectivity index (χ0) is 20.1. The van der Waals surface area contributed by atoms with Crippen molar-refractivity contribution in [2.45, 2.75) is 17.7 Å². The monoisotopic (exact) mass is 398 g/mol. The first-order valence-electron chi connectivity index (χ1n) is 8.83. The number of rotatable bonds is 7. The van der Waals surface area contributed by atoms with E-state index in [0.29, 0.717) is 12.1 Å². The molecule has 0 spiro atoms. The lowest BCUT2D eigenvalue weighted by molar-refractivity contribution is -0.116. The number of anilines is 1. The van der Waals surface area contributed by atoms with Gasteiger partial charge in [-0.2, -0.15) is 0 Å². The first-order chi connectivity index (χ1) is 13.4. The second kappa shape index (κ2) is 8.41. The largest absolute Gasteiger partial charge is 0.461 e. The number of hydrogen-bond donors (Lipinski definition) is 1. The molecule has 3 aromatic rings. The molecule has 1 aromatic heterocycles. The van der Waals surface area contributed by atoms with Crippen molar-refractivity contribution in [3.05, 3.63) is 72.5 Å². The topological polar surface area (TPSA) is 79.6 Å². The lowest BCUT2D eigenvalue weighted by atomic mass is 10.2. The molecule has 2 aromatic carbocycles. The minimum Gasteiger partial charge on any atom is -0.461 e. The molecule has 28 heavy (non-hydrogen) atoms. The minimum absolute atomic E-state index is 0.133. The summed E-state index contributed by atoms with van der Waals surface area (Å²) in [5, 5.41) is 2.74. The second-order valence-electron chi connectivity index (χ2n) is 6.50. The van der Waals surface area contributed by atoms with Gasteiger partial charge in [-0.25, -0.2) is 12.7 Å². The van der Waals surface area contributed by atoms with Crippen LogP contribution >= 0.6 is 0 Å². The maximum Gasteiger partial charge on any atom is 0.242 e. The number of amides is 1. The van der Waals surface area contributed by atoms with E-state index in [4.69, 9.17) is 4.42 Å². The lowest BCUT2D eigenvalue weighted by Crippen LogP contribution is -2.22. The summed E-state index contributed by atoms with van der Waals surface area (Å²) in [5.41, 5.74) is 1.43. The molecule has 1 amide bonds. The molecule has 0 unspecified atom stereocenters. The molecule has 0 aliphatic carbocycles. The van der Waals surface area contributed by atoms with Crippen molar-refractivity contribution in [1.82, 2.24) is 4.31 Å². The van der Waals surface area contributed by atoms with Crippen molar-refractivity contribution < 1.29 is 17.6 Å². The molecule has 146 valence electrons. The number of furan rings is 1. The standard InChI is InChI=1S/C21H22N2O4S/c1-23(2)28(25,26)19-10-6-9-17(15-19)22-21(24)14-12-18-11-13-20(27-18)16-7-4-3-5-8-16/h3-11,13,15H,12,14H2,1-2H3,(H,22,24). The van der Waals surface area contributed by atoms with Gasteiger partial charge in [-0.05, 0) is 30.3 Å². The van der Waals surface area contributed by atoms with Crippen molar-refractivity contribution in [2.24, 2.45) is 0 Å². The van der Waals surface area contributed by atoms with E-state index in [0.717, 1.165) is 21.4 Å². The summed E-state index contributed by atoms with van der Waals surface area (Å²) in [6, 6.07) is 19.7. The van der Waals surface area contributed by atoms with Crippen LogP contribution in [0.3, 0.4) is 0 Å². The average Bonchev–Trinajstić information content (AvgIpc) is 3.16. The van der Waals surface area contributed by atoms with Crippen molar-refractivity contribution in [1.29, 1.82) is 0 Å². The van der Waals surface area contributed by atoms with Gasteiger partial charge in [0.05, 0.1) is 4.90 Å².